The quantitative estimate of drug-likeness (QED) is 0.263. The average molecular weight is 154 g/mol. The van der Waals surface area contributed by atoms with E-state index >= 15 is 0 Å². The van der Waals surface area contributed by atoms with E-state index in [2.05, 4.69) is 10.2 Å². The number of aliphatic hydroxyl groups excluding tert-OH is 2. The van der Waals surface area contributed by atoms with Crippen molar-refractivity contribution in [3.8, 4) is 0 Å². The van der Waals surface area contributed by atoms with Crippen LogP contribution in [0.4, 0.5) is 0 Å². The molecule has 0 saturated carbocycles. The van der Waals surface area contributed by atoms with Crippen LogP contribution in [-0.4, -0.2) is 52.9 Å². The molecule has 0 unspecified atom stereocenters. The molecule has 0 aromatic heterocycles. The van der Waals surface area contributed by atoms with Crippen LogP contribution < -0.4 is 0 Å². The second kappa shape index (κ2) is 3.04. The van der Waals surface area contributed by atoms with Crippen LogP contribution in [0.1, 0.15) is 0 Å². The normalized spacial score (nSPS) is 17.5. The largest absolute Gasteiger partial charge is 0.393 e. The Balaban J connectivity index is 4.41. The Hall–Kier alpha value is -0.530. The molecule has 0 bridgehead atoms. The van der Waals surface area contributed by atoms with Gasteiger partial charge < -0.3 is 25.5 Å². The predicted molar refractivity (Wildman–Crippen MR) is 27.5 cm³/mol. The van der Waals surface area contributed by atoms with Crippen molar-refractivity contribution in [2.45, 2.75) is 12.1 Å². The van der Waals surface area contributed by atoms with Gasteiger partial charge in [0.15, 0.2) is 0 Å². The summed E-state index contributed by atoms with van der Waals surface area (Å²) < 4.78 is 12.3. The first-order valence-electron chi connectivity index (χ1n) is 3.17. The molecular weight excluding hydrogens is 144 g/mol. The van der Waals surface area contributed by atoms with Gasteiger partial charge >= 0.3 is 5.97 Å². The molecule has 0 heterocycles. The lowest BCUT2D eigenvalue weighted by molar-refractivity contribution is -0.291. The third-order valence-corrected chi connectivity index (χ3v) is 0.787. The van der Waals surface area contributed by atoms with E-state index < -0.39 is 24.5 Å². The Kier molecular flexibility index (Phi) is 1.88. The van der Waals surface area contributed by atoms with Crippen LogP contribution in [0.5, 0.6) is 0 Å². The number of ketones is 1. The smallest absolute Gasteiger partial charge is 0.342 e. The molecule has 0 amide bonds. The standard InChI is InChI=1S/C4H8O6/c5-1-2(6)3(7)4(8,9)10/h2,5-6,8-10H,1H2/t2-/m1/s1/i8D,9D. The number of carbonyl (C=O) groups excluding carboxylic acids is 1. The summed E-state index contributed by atoms with van der Waals surface area (Å²) in [6.45, 7) is -0.964. The summed E-state index contributed by atoms with van der Waals surface area (Å²) in [5.41, 5.74) is 0. The number of carbonyl (C=O) groups is 1. The second-order valence-corrected chi connectivity index (χ2v) is 1.64. The molecule has 0 fully saturated rings. The SMILES string of the molecule is [2H]OC(O)(O[2H])C(=O)[C@H](O)CO. The summed E-state index contributed by atoms with van der Waals surface area (Å²) in [5, 5.41) is 32.3. The van der Waals surface area contributed by atoms with Crippen molar-refractivity contribution in [3.63, 3.8) is 0 Å². The van der Waals surface area contributed by atoms with Crippen LogP contribution in [0.3, 0.4) is 0 Å². The fourth-order valence-electron chi connectivity index (χ4n) is 0.293. The van der Waals surface area contributed by atoms with E-state index in [1.165, 1.54) is 0 Å². The Morgan fingerprint density at radius 1 is 1.70 bits per heavy atom. The molecule has 6 heteroatoms. The predicted octanol–water partition coefficient (Wildman–Crippen LogP) is -3.46. The fourth-order valence-corrected chi connectivity index (χ4v) is 0.293. The van der Waals surface area contributed by atoms with Crippen molar-refractivity contribution in [2.24, 2.45) is 0 Å². The molecule has 0 radical (unpaired) electrons. The Morgan fingerprint density at radius 2 is 2.20 bits per heavy atom. The zero-order valence-electron chi connectivity index (χ0n) is 6.85. The molecular formula is C4H8O6. The highest BCUT2D eigenvalue weighted by Gasteiger charge is 2.35. The van der Waals surface area contributed by atoms with E-state index in [1.54, 1.807) is 0 Å². The van der Waals surface area contributed by atoms with Gasteiger partial charge in [-0.1, -0.05) is 0 Å². The summed E-state index contributed by atoms with van der Waals surface area (Å²) in [6, 6.07) is 0. The molecule has 60 valence electrons. The van der Waals surface area contributed by atoms with Gasteiger partial charge in [0.25, 0.3) is 5.78 Å². The highest BCUT2D eigenvalue weighted by atomic mass is 16.7. The van der Waals surface area contributed by atoms with E-state index in [9.17, 15) is 4.79 Å². The van der Waals surface area contributed by atoms with Crippen molar-refractivity contribution in [1.82, 2.24) is 0 Å². The first kappa shape index (κ1) is 6.20. The minimum Gasteiger partial charge on any atom is -0.393 e. The summed E-state index contributed by atoms with van der Waals surface area (Å²) in [7, 11) is 0. The lowest BCUT2D eigenvalue weighted by Gasteiger charge is -2.14. The molecule has 0 aliphatic rings. The van der Waals surface area contributed by atoms with Crippen LogP contribution >= 0.6 is 0 Å². The first-order valence-corrected chi connectivity index (χ1v) is 2.36. The molecule has 0 aromatic carbocycles. The molecule has 0 spiro atoms. The topological polar surface area (TPSA) is 118 Å². The molecule has 0 saturated heterocycles. The van der Waals surface area contributed by atoms with Crippen LogP contribution in [0, 0.1) is 0 Å². The van der Waals surface area contributed by atoms with E-state index in [1.807, 2.05) is 0 Å². The van der Waals surface area contributed by atoms with Gasteiger partial charge in [0.05, 0.1) is 6.61 Å². The average Bonchev–Trinajstić information content (AvgIpc) is 2.14. The molecule has 0 rings (SSSR count). The summed E-state index contributed by atoms with van der Waals surface area (Å²) >= 11 is 0. The molecule has 0 aliphatic carbocycles. The Bertz CT molecular complexity index is 158. The van der Waals surface area contributed by atoms with Gasteiger partial charge in [-0.3, -0.25) is 4.79 Å². The van der Waals surface area contributed by atoms with E-state index in [0.29, 0.717) is 0 Å². The zero-order chi connectivity index (χ0) is 9.78. The highest BCUT2D eigenvalue weighted by Crippen LogP contribution is 1.98. The second-order valence-electron chi connectivity index (χ2n) is 1.64. The van der Waals surface area contributed by atoms with Crippen molar-refractivity contribution in [1.29, 1.82) is 2.86 Å². The zero-order valence-corrected chi connectivity index (χ0v) is 4.85. The van der Waals surface area contributed by atoms with Gasteiger partial charge in [-0.15, -0.1) is 0 Å². The van der Waals surface area contributed by atoms with E-state index in [4.69, 9.17) is 18.2 Å². The minimum atomic E-state index is -3.15. The molecule has 6 nitrogen and oxygen atoms in total. The van der Waals surface area contributed by atoms with Gasteiger partial charge in [-0.05, 0) is 0 Å². The summed E-state index contributed by atoms with van der Waals surface area (Å²) in [6.07, 6.45) is -1.95. The third-order valence-electron chi connectivity index (χ3n) is 0.787. The maximum atomic E-state index is 10.7. The molecule has 10 heavy (non-hydrogen) atoms. The number of aliphatic hydroxyl groups is 5. The minimum absolute atomic E-state index is 0.964. The van der Waals surface area contributed by atoms with Gasteiger partial charge in [0.2, 0.25) is 2.86 Å². The molecule has 1 atom stereocenters. The van der Waals surface area contributed by atoms with Gasteiger partial charge in [-0.2, -0.15) is 0 Å². The van der Waals surface area contributed by atoms with Gasteiger partial charge in [-0.25, -0.2) is 0 Å². The fraction of sp³-hybridized carbons (Fsp3) is 0.750. The Labute approximate surface area is 59.0 Å². The third kappa shape index (κ3) is 2.38. The van der Waals surface area contributed by atoms with Crippen LogP contribution in [-0.2, 0) is 4.79 Å². The van der Waals surface area contributed by atoms with E-state index in [-0.39, 0.29) is 0 Å². The highest BCUT2D eigenvalue weighted by molar-refractivity contribution is 5.87. The lowest BCUT2D eigenvalue weighted by atomic mass is 10.2. The lowest BCUT2D eigenvalue weighted by Crippen LogP contribution is -2.46. The molecule has 0 aliphatic heterocycles. The van der Waals surface area contributed by atoms with Crippen molar-refractivity contribution in [3.05, 3.63) is 0 Å². The van der Waals surface area contributed by atoms with E-state index in [0.717, 1.165) is 0 Å². The summed E-state index contributed by atoms with van der Waals surface area (Å²) in [5.74, 6) is -4.67. The number of Topliss-reactive ketones (excluding diaryl/α,β-unsaturated/α-hetero) is 1. The molecule has 0 aromatic rings. The van der Waals surface area contributed by atoms with Crippen LogP contribution in [0.25, 0.3) is 0 Å². The van der Waals surface area contributed by atoms with Gasteiger partial charge in [0, 0.05) is 0 Å². The van der Waals surface area contributed by atoms with Crippen LogP contribution in [0.15, 0.2) is 0 Å². The van der Waals surface area contributed by atoms with Crippen molar-refractivity contribution >= 4 is 5.78 Å². The monoisotopic (exact) mass is 154 g/mol. The number of rotatable bonds is 5. The number of hydrogen-bond acceptors (Lipinski definition) is 6. The maximum absolute atomic E-state index is 10.7. The first-order chi connectivity index (χ1) is 5.51. The van der Waals surface area contributed by atoms with Gasteiger partial charge in [0.1, 0.15) is 6.10 Å². The van der Waals surface area contributed by atoms with Crippen molar-refractivity contribution in [2.75, 3.05) is 6.61 Å². The van der Waals surface area contributed by atoms with Crippen molar-refractivity contribution < 1.29 is 30.3 Å². The summed E-state index contributed by atoms with van der Waals surface area (Å²) in [4.78, 5) is 10.7. The number of hydrogen-bond donors (Lipinski definition) is 5. The molecule has 5 N–H and O–H groups in total. The Morgan fingerprint density at radius 3 is 2.50 bits per heavy atom. The maximum Gasteiger partial charge on any atom is 0.342 e. The van der Waals surface area contributed by atoms with Crippen LogP contribution in [0.2, 0.25) is 0 Å².